The second-order valence-corrected chi connectivity index (χ2v) is 6.33. The fourth-order valence-corrected chi connectivity index (χ4v) is 3.09. The summed E-state index contributed by atoms with van der Waals surface area (Å²) in [6.07, 6.45) is -1.73. The monoisotopic (exact) mass is 398 g/mol. The first-order chi connectivity index (χ1) is 13.3. The number of furan rings is 1. The molecule has 0 bridgehead atoms. The quantitative estimate of drug-likeness (QED) is 0.627. The van der Waals surface area contributed by atoms with Gasteiger partial charge in [0.25, 0.3) is 5.91 Å². The number of nitrogens with zero attached hydrogens (tertiary/aromatic N) is 5. The van der Waals surface area contributed by atoms with Crippen LogP contribution >= 0.6 is 0 Å². The van der Waals surface area contributed by atoms with Crippen LogP contribution in [-0.4, -0.2) is 64.7 Å². The number of rotatable bonds is 3. The third-order valence-electron chi connectivity index (χ3n) is 4.42. The lowest BCUT2D eigenvalue weighted by Gasteiger charge is -2.36. The molecule has 0 radical (unpaired) electrons. The molecule has 2 aromatic rings. The molecule has 1 aliphatic rings. The Balaban J connectivity index is 1.58. The molecule has 0 unspecified atom stereocenters. The van der Waals surface area contributed by atoms with Crippen molar-refractivity contribution >= 4 is 11.9 Å². The first-order valence-electron chi connectivity index (χ1n) is 8.67. The molecule has 152 valence electrons. The van der Waals surface area contributed by atoms with E-state index in [1.807, 2.05) is 4.90 Å². The summed E-state index contributed by atoms with van der Waals surface area (Å²) in [4.78, 5) is 20.0. The zero-order chi connectivity index (χ0) is 20.3. The van der Waals surface area contributed by atoms with E-state index in [-0.39, 0.29) is 23.8 Å². The highest BCUT2D eigenvalue weighted by Gasteiger charge is 2.37. The van der Waals surface area contributed by atoms with E-state index in [0.29, 0.717) is 32.1 Å². The van der Waals surface area contributed by atoms with Crippen LogP contribution in [0.15, 0.2) is 34.0 Å². The zero-order valence-corrected chi connectivity index (χ0v) is 15.5. The number of carbonyl (C=O) groups excluding carboxylic acids is 1. The molecule has 1 amide bonds. The summed E-state index contributed by atoms with van der Waals surface area (Å²) < 4.78 is 45.5. The van der Waals surface area contributed by atoms with Crippen LogP contribution in [0.1, 0.15) is 21.8 Å². The molecule has 1 N–H and O–H groups in total. The lowest BCUT2D eigenvalue weighted by molar-refractivity contribution is -0.142. The molecule has 11 heteroatoms. The van der Waals surface area contributed by atoms with Crippen molar-refractivity contribution in [2.24, 2.45) is 12.0 Å². The highest BCUT2D eigenvalue weighted by Crippen LogP contribution is 2.30. The summed E-state index contributed by atoms with van der Waals surface area (Å²) >= 11 is 0. The van der Waals surface area contributed by atoms with Gasteiger partial charge in [-0.1, -0.05) is 0 Å². The maximum Gasteiger partial charge on any atom is 0.435 e. The standard InChI is InChI=1S/C17H21F3N6O2/c1-21-16(22-10-12-11-24(2)23-14(12)17(18,19)20)26-7-5-25(6-8-26)15(27)13-4-3-9-28-13/h3-4,9,11H,5-8,10H2,1-2H3,(H,21,22). The summed E-state index contributed by atoms with van der Waals surface area (Å²) in [7, 11) is 3.01. The Kier molecular flexibility index (Phi) is 5.61. The SMILES string of the molecule is CN=C(NCc1cn(C)nc1C(F)(F)F)N1CCN(C(=O)c2ccco2)CC1. The average Bonchev–Trinajstić information content (AvgIpc) is 3.31. The minimum atomic E-state index is -4.51. The first kappa shape index (κ1) is 19.8. The second kappa shape index (κ2) is 7.95. The maximum atomic E-state index is 13.1. The Morgan fingerprint density at radius 3 is 2.54 bits per heavy atom. The van der Waals surface area contributed by atoms with Crippen molar-refractivity contribution in [3.8, 4) is 0 Å². The summed E-state index contributed by atoms with van der Waals surface area (Å²) in [5.41, 5.74) is -0.866. The van der Waals surface area contributed by atoms with Crippen molar-refractivity contribution in [2.45, 2.75) is 12.7 Å². The number of alkyl halides is 3. The van der Waals surface area contributed by atoms with Crippen LogP contribution in [0.4, 0.5) is 13.2 Å². The number of hydrogen-bond donors (Lipinski definition) is 1. The molecule has 2 aromatic heterocycles. The molecule has 28 heavy (non-hydrogen) atoms. The molecule has 1 saturated heterocycles. The first-order valence-corrected chi connectivity index (χ1v) is 8.67. The largest absolute Gasteiger partial charge is 0.459 e. The number of guanidine groups is 1. The van der Waals surface area contributed by atoms with E-state index < -0.39 is 11.9 Å². The number of aromatic nitrogens is 2. The van der Waals surface area contributed by atoms with E-state index in [9.17, 15) is 18.0 Å². The van der Waals surface area contributed by atoms with Crippen LogP contribution in [0.5, 0.6) is 0 Å². The molecule has 0 atom stereocenters. The molecule has 0 aliphatic carbocycles. The van der Waals surface area contributed by atoms with E-state index in [1.165, 1.54) is 19.5 Å². The molecule has 1 fully saturated rings. The average molecular weight is 398 g/mol. The topological polar surface area (TPSA) is 78.9 Å². The number of piperazine rings is 1. The Morgan fingerprint density at radius 1 is 1.29 bits per heavy atom. The zero-order valence-electron chi connectivity index (χ0n) is 15.5. The molecular weight excluding hydrogens is 377 g/mol. The van der Waals surface area contributed by atoms with Gasteiger partial charge in [-0.15, -0.1) is 0 Å². The molecule has 3 heterocycles. The summed E-state index contributed by atoms with van der Waals surface area (Å²) in [5, 5.41) is 6.45. The fourth-order valence-electron chi connectivity index (χ4n) is 3.09. The van der Waals surface area contributed by atoms with Gasteiger partial charge in [0.15, 0.2) is 17.4 Å². The van der Waals surface area contributed by atoms with Gasteiger partial charge in [-0.2, -0.15) is 18.3 Å². The van der Waals surface area contributed by atoms with Crippen LogP contribution < -0.4 is 5.32 Å². The lowest BCUT2D eigenvalue weighted by atomic mass is 10.2. The Labute approximate surface area is 159 Å². The van der Waals surface area contributed by atoms with Gasteiger partial charge in [0.05, 0.1) is 6.26 Å². The van der Waals surface area contributed by atoms with Crippen molar-refractivity contribution in [1.29, 1.82) is 0 Å². The van der Waals surface area contributed by atoms with Crippen LogP contribution in [0.25, 0.3) is 0 Å². The third kappa shape index (κ3) is 4.29. The lowest BCUT2D eigenvalue weighted by Crippen LogP contribution is -2.53. The van der Waals surface area contributed by atoms with Crippen LogP contribution in [0, 0.1) is 0 Å². The molecule has 0 spiro atoms. The van der Waals surface area contributed by atoms with Gasteiger partial charge < -0.3 is 19.5 Å². The molecule has 0 aromatic carbocycles. The van der Waals surface area contributed by atoms with Gasteiger partial charge in [0.1, 0.15) is 0 Å². The van der Waals surface area contributed by atoms with Gasteiger partial charge in [-0.3, -0.25) is 14.5 Å². The Morgan fingerprint density at radius 2 is 1.96 bits per heavy atom. The predicted molar refractivity (Wildman–Crippen MR) is 94.6 cm³/mol. The van der Waals surface area contributed by atoms with E-state index in [1.54, 1.807) is 24.1 Å². The third-order valence-corrected chi connectivity index (χ3v) is 4.42. The minimum absolute atomic E-state index is 0.0442. The van der Waals surface area contributed by atoms with Gasteiger partial charge >= 0.3 is 6.18 Å². The van der Waals surface area contributed by atoms with E-state index >= 15 is 0 Å². The number of aliphatic imine (C=N–C) groups is 1. The number of hydrogen-bond acceptors (Lipinski definition) is 4. The fraction of sp³-hybridized carbons (Fsp3) is 0.471. The molecule has 1 aliphatic heterocycles. The minimum Gasteiger partial charge on any atom is -0.459 e. The van der Waals surface area contributed by atoms with E-state index in [0.717, 1.165) is 4.68 Å². The normalized spacial score (nSPS) is 15.8. The van der Waals surface area contributed by atoms with Crippen molar-refractivity contribution in [3.05, 3.63) is 41.6 Å². The Hall–Kier alpha value is -2.98. The number of halogens is 3. The highest BCUT2D eigenvalue weighted by atomic mass is 19.4. The molecule has 8 nitrogen and oxygen atoms in total. The Bertz CT molecular complexity index is 836. The summed E-state index contributed by atoms with van der Waals surface area (Å²) in [6, 6.07) is 3.27. The summed E-state index contributed by atoms with van der Waals surface area (Å²) in [6.45, 7) is 1.87. The van der Waals surface area contributed by atoms with Crippen LogP contribution in [0.2, 0.25) is 0 Å². The second-order valence-electron chi connectivity index (χ2n) is 6.33. The number of aryl methyl sites for hydroxylation is 1. The van der Waals surface area contributed by atoms with Crippen LogP contribution in [-0.2, 0) is 19.8 Å². The van der Waals surface area contributed by atoms with Gasteiger partial charge in [-0.05, 0) is 12.1 Å². The smallest absolute Gasteiger partial charge is 0.435 e. The van der Waals surface area contributed by atoms with Crippen molar-refractivity contribution < 1.29 is 22.4 Å². The van der Waals surface area contributed by atoms with Crippen molar-refractivity contribution in [3.63, 3.8) is 0 Å². The maximum absolute atomic E-state index is 13.1. The van der Waals surface area contributed by atoms with Crippen molar-refractivity contribution in [2.75, 3.05) is 33.2 Å². The molecule has 0 saturated carbocycles. The molecular formula is C17H21F3N6O2. The van der Waals surface area contributed by atoms with Crippen molar-refractivity contribution in [1.82, 2.24) is 24.9 Å². The number of amides is 1. The van der Waals surface area contributed by atoms with Gasteiger partial charge in [0, 0.05) is 58.6 Å². The van der Waals surface area contributed by atoms with Gasteiger partial charge in [0.2, 0.25) is 0 Å². The molecule has 3 rings (SSSR count). The predicted octanol–water partition coefficient (Wildman–Crippen LogP) is 1.57. The summed E-state index contributed by atoms with van der Waals surface area (Å²) in [5.74, 6) is 0.576. The van der Waals surface area contributed by atoms with E-state index in [4.69, 9.17) is 4.42 Å². The number of nitrogens with one attached hydrogen (secondary N) is 1. The van der Waals surface area contributed by atoms with E-state index in [2.05, 4.69) is 15.4 Å². The van der Waals surface area contributed by atoms with Crippen LogP contribution in [0.3, 0.4) is 0 Å². The van der Waals surface area contributed by atoms with Gasteiger partial charge in [-0.25, -0.2) is 0 Å². The highest BCUT2D eigenvalue weighted by molar-refractivity contribution is 5.91. The number of carbonyl (C=O) groups is 1.